The molecule has 1 nitrogen and oxygen atoms in total. The lowest BCUT2D eigenvalue weighted by molar-refractivity contribution is 0.219. The Balaban J connectivity index is 2.34. The van der Waals surface area contributed by atoms with Gasteiger partial charge in [0.2, 0.25) is 0 Å². The van der Waals surface area contributed by atoms with Gasteiger partial charge in [-0.05, 0) is 41.7 Å². The molecule has 0 radical (unpaired) electrons. The standard InChI is InChI=1S/C16H17FO/c1-3-12-5-4-6-13(9-12)16(18)14-8-7-11(2)15(17)10-14/h4-10,16,18H,3H2,1-2H3. The third kappa shape index (κ3) is 2.59. The van der Waals surface area contributed by atoms with Crippen molar-refractivity contribution in [2.75, 3.05) is 0 Å². The fourth-order valence-corrected chi connectivity index (χ4v) is 1.95. The zero-order chi connectivity index (χ0) is 13.1. The van der Waals surface area contributed by atoms with Crippen molar-refractivity contribution in [2.45, 2.75) is 26.4 Å². The van der Waals surface area contributed by atoms with E-state index in [2.05, 4.69) is 6.92 Å². The maximum Gasteiger partial charge on any atom is 0.126 e. The van der Waals surface area contributed by atoms with Crippen molar-refractivity contribution in [3.8, 4) is 0 Å². The Hall–Kier alpha value is -1.67. The molecule has 0 aliphatic heterocycles. The van der Waals surface area contributed by atoms with Crippen LogP contribution in [0, 0.1) is 12.7 Å². The van der Waals surface area contributed by atoms with E-state index in [0.29, 0.717) is 11.1 Å². The fraction of sp³-hybridized carbons (Fsp3) is 0.250. The molecule has 18 heavy (non-hydrogen) atoms. The molecular weight excluding hydrogens is 227 g/mol. The second kappa shape index (κ2) is 5.32. The van der Waals surface area contributed by atoms with Crippen molar-refractivity contribution in [3.63, 3.8) is 0 Å². The highest BCUT2D eigenvalue weighted by molar-refractivity contribution is 5.34. The largest absolute Gasteiger partial charge is 0.384 e. The highest BCUT2D eigenvalue weighted by atomic mass is 19.1. The lowest BCUT2D eigenvalue weighted by Gasteiger charge is -2.13. The van der Waals surface area contributed by atoms with E-state index in [0.717, 1.165) is 12.0 Å². The molecule has 0 amide bonds. The fourth-order valence-electron chi connectivity index (χ4n) is 1.95. The van der Waals surface area contributed by atoms with Gasteiger partial charge in [-0.1, -0.05) is 43.3 Å². The summed E-state index contributed by atoms with van der Waals surface area (Å²) < 4.78 is 13.5. The highest BCUT2D eigenvalue weighted by Gasteiger charge is 2.12. The van der Waals surface area contributed by atoms with Gasteiger partial charge in [0.25, 0.3) is 0 Å². The summed E-state index contributed by atoms with van der Waals surface area (Å²) in [6, 6.07) is 12.6. The molecule has 0 fully saturated rings. The van der Waals surface area contributed by atoms with Gasteiger partial charge in [0.1, 0.15) is 11.9 Å². The normalized spacial score (nSPS) is 12.4. The first-order chi connectivity index (χ1) is 8.61. The molecule has 1 unspecified atom stereocenters. The Morgan fingerprint density at radius 1 is 1.11 bits per heavy atom. The quantitative estimate of drug-likeness (QED) is 0.871. The zero-order valence-corrected chi connectivity index (χ0v) is 10.7. The summed E-state index contributed by atoms with van der Waals surface area (Å²) in [7, 11) is 0. The summed E-state index contributed by atoms with van der Waals surface area (Å²) in [6.07, 6.45) is 0.148. The van der Waals surface area contributed by atoms with E-state index in [1.54, 1.807) is 19.1 Å². The van der Waals surface area contributed by atoms with Crippen LogP contribution in [-0.2, 0) is 6.42 Å². The van der Waals surface area contributed by atoms with E-state index in [4.69, 9.17) is 0 Å². The third-order valence-electron chi connectivity index (χ3n) is 3.19. The van der Waals surface area contributed by atoms with Crippen LogP contribution in [0.1, 0.15) is 35.3 Å². The van der Waals surface area contributed by atoms with Crippen LogP contribution in [0.4, 0.5) is 4.39 Å². The molecular formula is C16H17FO. The van der Waals surface area contributed by atoms with Gasteiger partial charge in [-0.25, -0.2) is 4.39 Å². The van der Waals surface area contributed by atoms with Crippen LogP contribution in [-0.4, -0.2) is 5.11 Å². The van der Waals surface area contributed by atoms with Crippen molar-refractivity contribution < 1.29 is 9.50 Å². The summed E-state index contributed by atoms with van der Waals surface area (Å²) in [5, 5.41) is 10.3. The van der Waals surface area contributed by atoms with Gasteiger partial charge in [0.05, 0.1) is 0 Å². The van der Waals surface area contributed by atoms with Gasteiger partial charge in [-0.15, -0.1) is 0 Å². The second-order valence-corrected chi connectivity index (χ2v) is 4.51. The summed E-state index contributed by atoms with van der Waals surface area (Å²) in [4.78, 5) is 0. The summed E-state index contributed by atoms with van der Waals surface area (Å²) in [5.74, 6) is -0.279. The summed E-state index contributed by atoms with van der Waals surface area (Å²) in [6.45, 7) is 3.78. The highest BCUT2D eigenvalue weighted by Crippen LogP contribution is 2.24. The summed E-state index contributed by atoms with van der Waals surface area (Å²) in [5.41, 5.74) is 3.15. The number of benzene rings is 2. The van der Waals surface area contributed by atoms with Gasteiger partial charge in [0, 0.05) is 0 Å². The molecule has 2 aromatic rings. The van der Waals surface area contributed by atoms with Crippen molar-refractivity contribution in [1.82, 2.24) is 0 Å². The van der Waals surface area contributed by atoms with Crippen LogP contribution in [0.3, 0.4) is 0 Å². The second-order valence-electron chi connectivity index (χ2n) is 4.51. The number of aliphatic hydroxyl groups is 1. The predicted octanol–water partition coefficient (Wildman–Crippen LogP) is 3.78. The molecule has 0 saturated carbocycles. The van der Waals surface area contributed by atoms with Crippen molar-refractivity contribution >= 4 is 0 Å². The first-order valence-corrected chi connectivity index (χ1v) is 6.14. The smallest absolute Gasteiger partial charge is 0.126 e. The van der Waals surface area contributed by atoms with E-state index in [9.17, 15) is 9.50 Å². The van der Waals surface area contributed by atoms with Crippen LogP contribution < -0.4 is 0 Å². The zero-order valence-electron chi connectivity index (χ0n) is 10.7. The first-order valence-electron chi connectivity index (χ1n) is 6.14. The van der Waals surface area contributed by atoms with E-state index < -0.39 is 6.10 Å². The Morgan fingerprint density at radius 3 is 2.50 bits per heavy atom. The van der Waals surface area contributed by atoms with Gasteiger partial charge in [-0.3, -0.25) is 0 Å². The van der Waals surface area contributed by atoms with Crippen LogP contribution >= 0.6 is 0 Å². The molecule has 1 N–H and O–H groups in total. The Bertz CT molecular complexity index is 549. The van der Waals surface area contributed by atoms with Crippen molar-refractivity contribution in [1.29, 1.82) is 0 Å². The van der Waals surface area contributed by atoms with Gasteiger partial charge in [-0.2, -0.15) is 0 Å². The minimum absolute atomic E-state index is 0.279. The molecule has 0 heterocycles. The minimum atomic E-state index is -0.772. The van der Waals surface area contributed by atoms with Crippen molar-refractivity contribution in [3.05, 3.63) is 70.5 Å². The van der Waals surface area contributed by atoms with E-state index in [1.807, 2.05) is 24.3 Å². The van der Waals surface area contributed by atoms with E-state index in [-0.39, 0.29) is 5.82 Å². The molecule has 0 aliphatic rings. The number of aliphatic hydroxyl groups excluding tert-OH is 1. The molecule has 0 bridgehead atoms. The van der Waals surface area contributed by atoms with Crippen LogP contribution in [0.2, 0.25) is 0 Å². The molecule has 94 valence electrons. The molecule has 0 saturated heterocycles. The number of hydrogen-bond acceptors (Lipinski definition) is 1. The number of aryl methyl sites for hydroxylation is 2. The molecule has 0 spiro atoms. The SMILES string of the molecule is CCc1cccc(C(O)c2ccc(C)c(F)c2)c1. The monoisotopic (exact) mass is 244 g/mol. The lowest BCUT2D eigenvalue weighted by atomic mass is 9.98. The maximum absolute atomic E-state index is 13.5. The first kappa shape index (κ1) is 12.8. The third-order valence-corrected chi connectivity index (χ3v) is 3.19. The molecule has 1 atom stereocenters. The number of hydrogen-bond donors (Lipinski definition) is 1. The molecule has 0 aliphatic carbocycles. The lowest BCUT2D eigenvalue weighted by Crippen LogP contribution is -2.01. The number of halogens is 1. The minimum Gasteiger partial charge on any atom is -0.384 e. The average molecular weight is 244 g/mol. The van der Waals surface area contributed by atoms with E-state index >= 15 is 0 Å². The van der Waals surface area contributed by atoms with Crippen LogP contribution in [0.5, 0.6) is 0 Å². The molecule has 2 rings (SSSR count). The summed E-state index contributed by atoms with van der Waals surface area (Å²) >= 11 is 0. The van der Waals surface area contributed by atoms with Crippen molar-refractivity contribution in [2.24, 2.45) is 0 Å². The Labute approximate surface area is 107 Å². The predicted molar refractivity (Wildman–Crippen MR) is 71.0 cm³/mol. The maximum atomic E-state index is 13.5. The molecule has 2 aromatic carbocycles. The van der Waals surface area contributed by atoms with E-state index in [1.165, 1.54) is 11.6 Å². The molecule has 0 aromatic heterocycles. The van der Waals surface area contributed by atoms with Crippen LogP contribution in [0.15, 0.2) is 42.5 Å². The topological polar surface area (TPSA) is 20.2 Å². The number of rotatable bonds is 3. The van der Waals surface area contributed by atoms with Gasteiger partial charge < -0.3 is 5.11 Å². The van der Waals surface area contributed by atoms with Gasteiger partial charge in [0.15, 0.2) is 0 Å². The molecule has 2 heteroatoms. The van der Waals surface area contributed by atoms with Gasteiger partial charge >= 0.3 is 0 Å². The van der Waals surface area contributed by atoms with Crippen LogP contribution in [0.25, 0.3) is 0 Å². The average Bonchev–Trinajstić information content (AvgIpc) is 2.41. The Morgan fingerprint density at radius 2 is 1.83 bits per heavy atom. The Kier molecular flexibility index (Phi) is 3.78.